The van der Waals surface area contributed by atoms with Gasteiger partial charge >= 0.3 is 11.9 Å². The van der Waals surface area contributed by atoms with Gasteiger partial charge in [0.25, 0.3) is 5.79 Å². The van der Waals surface area contributed by atoms with Crippen LogP contribution in [0, 0.1) is 5.92 Å². The number of anilines is 1. The predicted octanol–water partition coefficient (Wildman–Crippen LogP) is 3.98. The molecule has 33 heavy (non-hydrogen) atoms. The third-order valence-electron chi connectivity index (χ3n) is 5.80. The molecule has 2 N–H and O–H groups in total. The van der Waals surface area contributed by atoms with Crippen LogP contribution in [-0.2, 0) is 19.1 Å². The number of methoxy groups -OCH3 is 1. The fourth-order valence-corrected chi connectivity index (χ4v) is 4.16. The Labute approximate surface area is 192 Å². The quantitative estimate of drug-likeness (QED) is 0.364. The SMILES string of the molecule is COc1cc(NC(NCC2CCCCC2)=C2C(=O)OC(C)(C)OC2=O)ccc1-c1cnco1. The largest absolute Gasteiger partial charge is 0.496 e. The zero-order chi connectivity index (χ0) is 23.4. The number of esters is 2. The van der Waals surface area contributed by atoms with Crippen LogP contribution >= 0.6 is 0 Å². The minimum absolute atomic E-state index is 0.191. The number of nitrogens with one attached hydrogen (secondary N) is 2. The Kier molecular flexibility index (Phi) is 6.57. The first-order valence-corrected chi connectivity index (χ1v) is 11.1. The van der Waals surface area contributed by atoms with Crippen LogP contribution in [-0.4, -0.2) is 36.4 Å². The average Bonchev–Trinajstić information content (AvgIpc) is 3.31. The maximum atomic E-state index is 12.7. The number of oxazole rings is 1. The van der Waals surface area contributed by atoms with Crippen molar-refractivity contribution in [2.24, 2.45) is 5.92 Å². The Balaban J connectivity index is 1.63. The molecule has 1 aliphatic heterocycles. The fraction of sp³-hybridized carbons (Fsp3) is 0.458. The van der Waals surface area contributed by atoms with E-state index in [4.69, 9.17) is 18.6 Å². The molecular formula is C24H29N3O6. The lowest BCUT2D eigenvalue weighted by atomic mass is 9.89. The summed E-state index contributed by atoms with van der Waals surface area (Å²) in [4.78, 5) is 29.4. The van der Waals surface area contributed by atoms with Gasteiger partial charge in [0, 0.05) is 32.1 Å². The van der Waals surface area contributed by atoms with E-state index >= 15 is 0 Å². The molecule has 0 atom stereocenters. The summed E-state index contributed by atoms with van der Waals surface area (Å²) >= 11 is 0. The van der Waals surface area contributed by atoms with E-state index in [0.29, 0.717) is 29.7 Å². The van der Waals surface area contributed by atoms with Gasteiger partial charge in [-0.25, -0.2) is 14.6 Å². The lowest BCUT2D eigenvalue weighted by Crippen LogP contribution is -2.44. The molecule has 1 aliphatic carbocycles. The van der Waals surface area contributed by atoms with Crippen molar-refractivity contribution in [1.82, 2.24) is 10.3 Å². The highest BCUT2D eigenvalue weighted by Crippen LogP contribution is 2.33. The second-order valence-corrected chi connectivity index (χ2v) is 8.72. The van der Waals surface area contributed by atoms with E-state index in [9.17, 15) is 9.59 Å². The Morgan fingerprint density at radius 3 is 2.52 bits per heavy atom. The topological polar surface area (TPSA) is 112 Å². The normalized spacial score (nSPS) is 18.3. The minimum Gasteiger partial charge on any atom is -0.496 e. The van der Waals surface area contributed by atoms with Crippen LogP contribution in [0.2, 0.25) is 0 Å². The molecule has 1 aromatic carbocycles. The first kappa shape index (κ1) is 22.7. The second kappa shape index (κ2) is 9.56. The van der Waals surface area contributed by atoms with E-state index in [1.54, 1.807) is 25.4 Å². The Morgan fingerprint density at radius 2 is 1.88 bits per heavy atom. The van der Waals surface area contributed by atoms with Crippen molar-refractivity contribution in [3.05, 3.63) is 42.2 Å². The minimum atomic E-state index is -1.31. The van der Waals surface area contributed by atoms with E-state index in [2.05, 4.69) is 15.6 Å². The number of carbonyl (C=O) groups is 2. The summed E-state index contributed by atoms with van der Waals surface area (Å²) in [5, 5.41) is 6.44. The molecule has 2 fully saturated rings. The van der Waals surface area contributed by atoms with Gasteiger partial charge in [-0.15, -0.1) is 0 Å². The molecule has 9 nitrogen and oxygen atoms in total. The molecule has 2 aromatic rings. The molecule has 2 heterocycles. The first-order valence-electron chi connectivity index (χ1n) is 11.1. The summed E-state index contributed by atoms with van der Waals surface area (Å²) in [7, 11) is 1.55. The molecule has 0 unspecified atom stereocenters. The molecule has 9 heteroatoms. The summed E-state index contributed by atoms with van der Waals surface area (Å²) < 4.78 is 21.5. The van der Waals surface area contributed by atoms with E-state index in [-0.39, 0.29) is 11.4 Å². The molecule has 1 aromatic heterocycles. The van der Waals surface area contributed by atoms with Gasteiger partial charge in [-0.05, 0) is 30.9 Å². The molecule has 0 spiro atoms. The smallest absolute Gasteiger partial charge is 0.352 e. The van der Waals surface area contributed by atoms with Gasteiger partial charge in [0.15, 0.2) is 17.7 Å². The van der Waals surface area contributed by atoms with E-state index in [0.717, 1.165) is 18.4 Å². The van der Waals surface area contributed by atoms with Crippen LogP contribution in [0.15, 0.2) is 46.6 Å². The predicted molar refractivity (Wildman–Crippen MR) is 120 cm³/mol. The number of hydrogen-bond acceptors (Lipinski definition) is 9. The molecule has 0 radical (unpaired) electrons. The van der Waals surface area contributed by atoms with Gasteiger partial charge in [-0.1, -0.05) is 19.3 Å². The maximum absolute atomic E-state index is 12.7. The molecular weight excluding hydrogens is 426 g/mol. The van der Waals surface area contributed by atoms with Crippen LogP contribution in [0.3, 0.4) is 0 Å². The van der Waals surface area contributed by atoms with E-state index in [1.807, 2.05) is 6.07 Å². The average molecular weight is 456 g/mol. The monoisotopic (exact) mass is 455 g/mol. The molecule has 0 bridgehead atoms. The van der Waals surface area contributed by atoms with Crippen molar-refractivity contribution in [2.75, 3.05) is 19.0 Å². The summed E-state index contributed by atoms with van der Waals surface area (Å²) in [6.45, 7) is 3.67. The van der Waals surface area contributed by atoms with Crippen LogP contribution in [0.1, 0.15) is 46.0 Å². The number of carbonyl (C=O) groups excluding carboxylic acids is 2. The van der Waals surface area contributed by atoms with Crippen molar-refractivity contribution in [3.8, 4) is 17.1 Å². The third kappa shape index (κ3) is 5.30. The van der Waals surface area contributed by atoms with Crippen LogP contribution < -0.4 is 15.4 Å². The Morgan fingerprint density at radius 1 is 1.15 bits per heavy atom. The highest BCUT2D eigenvalue weighted by atomic mass is 16.7. The molecule has 1 saturated heterocycles. The number of ether oxygens (including phenoxy) is 3. The Bertz CT molecular complexity index is 1020. The number of benzene rings is 1. The van der Waals surface area contributed by atoms with E-state index < -0.39 is 17.7 Å². The Hall–Kier alpha value is -3.49. The van der Waals surface area contributed by atoms with Gasteiger partial charge in [0.05, 0.1) is 18.9 Å². The number of nitrogens with zero attached hydrogens (tertiary/aromatic N) is 1. The fourth-order valence-electron chi connectivity index (χ4n) is 4.16. The highest BCUT2D eigenvalue weighted by Gasteiger charge is 2.41. The lowest BCUT2D eigenvalue weighted by Gasteiger charge is -2.31. The van der Waals surface area contributed by atoms with Gasteiger partial charge < -0.3 is 29.3 Å². The maximum Gasteiger partial charge on any atom is 0.352 e. The van der Waals surface area contributed by atoms with Gasteiger partial charge in [-0.2, -0.15) is 0 Å². The molecule has 2 aliphatic rings. The number of hydrogen-bond donors (Lipinski definition) is 2. The van der Waals surface area contributed by atoms with Crippen molar-refractivity contribution < 1.29 is 28.2 Å². The first-order chi connectivity index (χ1) is 15.9. The van der Waals surface area contributed by atoms with E-state index in [1.165, 1.54) is 39.5 Å². The summed E-state index contributed by atoms with van der Waals surface area (Å²) in [5.74, 6) is -0.960. The van der Waals surface area contributed by atoms with Crippen LogP contribution in [0.4, 0.5) is 5.69 Å². The lowest BCUT2D eigenvalue weighted by molar-refractivity contribution is -0.222. The summed E-state index contributed by atoms with van der Waals surface area (Å²) in [5.41, 5.74) is 1.14. The van der Waals surface area contributed by atoms with Gasteiger partial charge in [-0.3, -0.25) is 0 Å². The van der Waals surface area contributed by atoms with Gasteiger partial charge in [0.1, 0.15) is 11.6 Å². The molecule has 1 saturated carbocycles. The molecule has 176 valence electrons. The zero-order valence-electron chi connectivity index (χ0n) is 19.1. The van der Waals surface area contributed by atoms with Crippen LogP contribution in [0.25, 0.3) is 11.3 Å². The molecule has 0 amide bonds. The third-order valence-corrected chi connectivity index (χ3v) is 5.80. The molecule has 4 rings (SSSR count). The zero-order valence-corrected chi connectivity index (χ0v) is 19.1. The number of aromatic nitrogens is 1. The van der Waals surface area contributed by atoms with Crippen LogP contribution in [0.5, 0.6) is 5.75 Å². The van der Waals surface area contributed by atoms with Crippen molar-refractivity contribution in [2.45, 2.75) is 51.7 Å². The van der Waals surface area contributed by atoms with Crippen molar-refractivity contribution >= 4 is 17.6 Å². The van der Waals surface area contributed by atoms with Gasteiger partial charge in [0.2, 0.25) is 0 Å². The number of cyclic esters (lactones) is 2. The summed E-state index contributed by atoms with van der Waals surface area (Å²) in [6, 6.07) is 5.36. The van der Waals surface area contributed by atoms with Crippen molar-refractivity contribution in [1.29, 1.82) is 0 Å². The summed E-state index contributed by atoms with van der Waals surface area (Å²) in [6.07, 6.45) is 8.77. The second-order valence-electron chi connectivity index (χ2n) is 8.72. The number of rotatable bonds is 7. The highest BCUT2D eigenvalue weighted by molar-refractivity contribution is 6.16. The van der Waals surface area contributed by atoms with Crippen molar-refractivity contribution in [3.63, 3.8) is 0 Å². The standard InChI is InChI=1S/C24H29N3O6/c1-24(2)32-22(28)20(23(29)33-24)21(26-12-15-7-5-4-6-8-15)27-16-9-10-17(18(11-16)30-3)19-13-25-14-31-19/h9-11,13-15,26-27H,4-8,12H2,1-3H3.